The van der Waals surface area contributed by atoms with Crippen molar-refractivity contribution in [3.63, 3.8) is 0 Å². The lowest BCUT2D eigenvalue weighted by atomic mass is 9.95. The Balaban J connectivity index is 1.35. The number of aromatic nitrogens is 1. The Hall–Kier alpha value is -4.20. The average molecular weight is 591 g/mol. The summed E-state index contributed by atoms with van der Waals surface area (Å²) < 4.78 is 31.1. The number of benzene rings is 2. The zero-order valence-electron chi connectivity index (χ0n) is 23.8. The second kappa shape index (κ2) is 14.3. The predicted molar refractivity (Wildman–Crippen MR) is 152 cm³/mol. The summed E-state index contributed by atoms with van der Waals surface area (Å²) in [6.07, 6.45) is -2.10. The van der Waals surface area contributed by atoms with Crippen molar-refractivity contribution >= 4 is 17.7 Å². The minimum absolute atomic E-state index is 0.157. The molecule has 2 saturated heterocycles. The van der Waals surface area contributed by atoms with Crippen LogP contribution in [-0.2, 0) is 39.9 Å². The number of nitrogens with zero attached hydrogens (tertiary/aromatic N) is 1. The van der Waals surface area contributed by atoms with Crippen LogP contribution in [0, 0.1) is 0 Å². The molecule has 3 amide bonds. The Kier molecular flexibility index (Phi) is 10.1. The van der Waals surface area contributed by atoms with Crippen LogP contribution in [-0.4, -0.2) is 66.1 Å². The number of rotatable bonds is 9. The van der Waals surface area contributed by atoms with Gasteiger partial charge in [0.25, 0.3) is 11.8 Å². The molecule has 0 aliphatic carbocycles. The molecule has 0 radical (unpaired) electrons. The van der Waals surface area contributed by atoms with E-state index in [1.807, 2.05) is 60.7 Å². The van der Waals surface area contributed by atoms with Gasteiger partial charge in [-0.05, 0) is 24.6 Å². The summed E-state index contributed by atoms with van der Waals surface area (Å²) in [5, 5.41) is 2.88. The van der Waals surface area contributed by atoms with Gasteiger partial charge in [0, 0.05) is 24.9 Å². The van der Waals surface area contributed by atoms with Crippen molar-refractivity contribution in [3.8, 4) is 0 Å². The summed E-state index contributed by atoms with van der Waals surface area (Å²) in [7, 11) is 0. The first kappa shape index (κ1) is 30.3. The van der Waals surface area contributed by atoms with E-state index in [-0.39, 0.29) is 24.7 Å². The summed E-state index contributed by atoms with van der Waals surface area (Å²) in [6, 6.07) is 21.2. The molecule has 5 rings (SSSR count). The minimum atomic E-state index is -1.08. The van der Waals surface area contributed by atoms with Crippen LogP contribution in [0.2, 0.25) is 0 Å². The zero-order valence-corrected chi connectivity index (χ0v) is 23.8. The molecular formula is C31H34N4O8. The highest BCUT2D eigenvalue weighted by molar-refractivity contribution is 5.95. The first-order valence-electron chi connectivity index (χ1n) is 13.9. The Bertz CT molecular complexity index is 1360. The molecule has 226 valence electrons. The van der Waals surface area contributed by atoms with Gasteiger partial charge >= 0.3 is 0 Å². The third-order valence-corrected chi connectivity index (χ3v) is 6.99. The number of amides is 3. The lowest BCUT2D eigenvalue weighted by molar-refractivity contribution is -0.351. The first-order chi connectivity index (χ1) is 20.9. The topological polar surface area (TPSA) is 146 Å². The number of hydrogen-bond acceptors (Lipinski definition) is 9. The Labute approximate surface area is 249 Å². The van der Waals surface area contributed by atoms with Crippen molar-refractivity contribution in [3.05, 3.63) is 102 Å². The number of ether oxygens (including phenoxy) is 5. The van der Waals surface area contributed by atoms with E-state index in [4.69, 9.17) is 23.7 Å². The van der Waals surface area contributed by atoms with Crippen LogP contribution in [0.3, 0.4) is 0 Å². The van der Waals surface area contributed by atoms with Crippen LogP contribution in [0.5, 0.6) is 0 Å². The molecule has 12 nitrogen and oxygen atoms in total. The van der Waals surface area contributed by atoms with Crippen molar-refractivity contribution in [2.75, 3.05) is 6.61 Å². The van der Waals surface area contributed by atoms with E-state index in [0.29, 0.717) is 0 Å². The van der Waals surface area contributed by atoms with Gasteiger partial charge in [-0.15, -0.1) is 0 Å². The third kappa shape index (κ3) is 7.80. The lowest BCUT2D eigenvalue weighted by Crippen LogP contribution is -2.68. The zero-order chi connectivity index (χ0) is 30.2. The summed E-state index contributed by atoms with van der Waals surface area (Å²) in [4.78, 5) is 41.7. The summed E-state index contributed by atoms with van der Waals surface area (Å²) >= 11 is 0. The highest BCUT2D eigenvalue weighted by Crippen LogP contribution is 2.36. The molecular weight excluding hydrogens is 556 g/mol. The number of hydrogen-bond donors (Lipinski definition) is 3. The molecule has 0 bridgehead atoms. The number of fused-ring (bicyclic) bond motifs is 1. The maximum Gasteiger partial charge on any atom is 0.271 e. The van der Waals surface area contributed by atoms with Gasteiger partial charge in [0.15, 0.2) is 12.6 Å². The van der Waals surface area contributed by atoms with E-state index in [1.54, 1.807) is 12.1 Å². The van der Waals surface area contributed by atoms with E-state index in [9.17, 15) is 14.4 Å². The molecule has 3 heterocycles. The quantitative estimate of drug-likeness (QED) is 0.319. The molecule has 3 aromatic rings. The first-order valence-corrected chi connectivity index (χ1v) is 13.9. The molecule has 2 aromatic carbocycles. The van der Waals surface area contributed by atoms with Gasteiger partial charge in [0.1, 0.15) is 30.5 Å². The van der Waals surface area contributed by atoms with Crippen molar-refractivity contribution in [1.29, 1.82) is 0 Å². The number of nitrogens with one attached hydrogen (secondary N) is 3. The van der Waals surface area contributed by atoms with Gasteiger partial charge in [0.2, 0.25) is 5.91 Å². The number of hydrazine groups is 1. The van der Waals surface area contributed by atoms with Gasteiger partial charge in [-0.25, -0.2) is 0 Å². The number of carbonyl (C=O) groups excluding carboxylic acids is 3. The molecule has 2 aliphatic rings. The Morgan fingerprint density at radius 3 is 2.42 bits per heavy atom. The summed E-state index contributed by atoms with van der Waals surface area (Å²) in [5.74, 6) is -1.50. The molecule has 3 N–H and O–H groups in total. The summed E-state index contributed by atoms with van der Waals surface area (Å²) in [6.45, 7) is 3.27. The normalized spacial score (nSPS) is 25.5. The number of carbonyl (C=O) groups is 3. The summed E-state index contributed by atoms with van der Waals surface area (Å²) in [5.41, 5.74) is 6.72. The molecule has 1 aromatic heterocycles. The molecule has 43 heavy (non-hydrogen) atoms. The predicted octanol–water partition coefficient (Wildman–Crippen LogP) is 2.18. The second-order valence-electron chi connectivity index (χ2n) is 10.2. The maximum absolute atomic E-state index is 13.0. The van der Waals surface area contributed by atoms with E-state index >= 15 is 0 Å². The highest BCUT2D eigenvalue weighted by atomic mass is 16.8. The molecule has 7 atom stereocenters. The van der Waals surface area contributed by atoms with Gasteiger partial charge in [-0.2, -0.15) is 0 Å². The van der Waals surface area contributed by atoms with E-state index < -0.39 is 54.9 Å². The maximum atomic E-state index is 13.0. The Morgan fingerprint density at radius 2 is 1.72 bits per heavy atom. The van der Waals surface area contributed by atoms with Crippen LogP contribution in [0.1, 0.15) is 41.6 Å². The molecule has 12 heteroatoms. The van der Waals surface area contributed by atoms with Crippen LogP contribution in [0.15, 0.2) is 85.2 Å². The van der Waals surface area contributed by atoms with Crippen molar-refractivity contribution in [2.45, 2.75) is 63.5 Å². The van der Waals surface area contributed by atoms with Gasteiger partial charge < -0.3 is 29.0 Å². The van der Waals surface area contributed by atoms with Crippen LogP contribution >= 0.6 is 0 Å². The third-order valence-electron chi connectivity index (χ3n) is 6.99. The SMILES string of the molecule is CC(=O)N[C@H]1[C@@H](OCc2ccccc2)O[C@H]2CO[C@H](c3ccccc3)O[C@H]2[C@H]1O[C@@H](C)C(=O)NNC(=O)c1cccnc1. The Morgan fingerprint density at radius 1 is 0.977 bits per heavy atom. The van der Waals surface area contributed by atoms with Crippen LogP contribution in [0.4, 0.5) is 0 Å². The van der Waals surface area contributed by atoms with Crippen molar-refractivity contribution < 1.29 is 38.1 Å². The molecule has 2 fully saturated rings. The smallest absolute Gasteiger partial charge is 0.271 e. The van der Waals surface area contributed by atoms with Gasteiger partial charge in [0.05, 0.1) is 18.8 Å². The standard InChI is InChI=1S/C31H34N4O8/c1-19(28(37)34-35-29(38)23-14-9-15-32-16-23)41-27-25(33-20(2)36)31(39-17-21-10-5-3-6-11-21)42-24-18-40-30(43-26(24)27)22-12-7-4-8-13-22/h3-16,19,24-27,30-31H,17-18H2,1-2H3,(H,33,36)(H,34,37)(H,35,38)/t19-,24-,25+,26+,27-,30-,31-/m0/s1. The monoisotopic (exact) mass is 590 g/mol. The minimum Gasteiger partial charge on any atom is -0.360 e. The fraction of sp³-hybridized carbons (Fsp3) is 0.355. The fourth-order valence-corrected chi connectivity index (χ4v) is 4.88. The highest BCUT2D eigenvalue weighted by Gasteiger charge is 2.52. The molecule has 0 unspecified atom stereocenters. The second-order valence-corrected chi connectivity index (χ2v) is 10.2. The van der Waals surface area contributed by atoms with E-state index in [0.717, 1.165) is 11.1 Å². The van der Waals surface area contributed by atoms with Crippen LogP contribution < -0.4 is 16.2 Å². The van der Waals surface area contributed by atoms with Crippen LogP contribution in [0.25, 0.3) is 0 Å². The molecule has 2 aliphatic heterocycles. The number of pyridine rings is 1. The van der Waals surface area contributed by atoms with Crippen molar-refractivity contribution in [1.82, 2.24) is 21.2 Å². The fourth-order valence-electron chi connectivity index (χ4n) is 4.88. The van der Waals surface area contributed by atoms with Crippen molar-refractivity contribution in [2.24, 2.45) is 0 Å². The lowest BCUT2D eigenvalue weighted by Gasteiger charge is -2.49. The van der Waals surface area contributed by atoms with E-state index in [2.05, 4.69) is 21.2 Å². The van der Waals surface area contributed by atoms with E-state index in [1.165, 1.54) is 26.2 Å². The average Bonchev–Trinajstić information content (AvgIpc) is 3.04. The largest absolute Gasteiger partial charge is 0.360 e. The molecule has 0 saturated carbocycles. The van der Waals surface area contributed by atoms with Gasteiger partial charge in [-0.1, -0.05) is 60.7 Å². The van der Waals surface area contributed by atoms with Gasteiger partial charge in [-0.3, -0.25) is 30.2 Å². The molecule has 0 spiro atoms.